The molecule has 12 nitrogen and oxygen atoms in total. The summed E-state index contributed by atoms with van der Waals surface area (Å²) >= 11 is 0. The summed E-state index contributed by atoms with van der Waals surface area (Å²) < 4.78 is 0. The summed E-state index contributed by atoms with van der Waals surface area (Å²) in [5.41, 5.74) is 13.0. The zero-order chi connectivity index (χ0) is 28.9. The molecule has 12 heteroatoms. The molecule has 4 amide bonds. The standard InChI is InChI=1S/C27H37N7O5/c1-16-13-19(10-11-23(16)36)15-22(32-17(2)35)26(39)33-20(9-6-12-31-27(29)30)25(38)34-21(24(28)37)14-18-7-4-3-5-8-18/h3-5,7-8,10-11,13,20-22,36H,6,9,12,14-15H2,1-2H3,(H2,28,37)(H,32,35)(H,33,39)(H,34,38)(H4,29,30,31). The first-order valence-corrected chi connectivity index (χ1v) is 12.5. The lowest BCUT2D eigenvalue weighted by molar-refractivity contribution is -0.133. The molecule has 10 N–H and O–H groups in total. The lowest BCUT2D eigenvalue weighted by Gasteiger charge is -2.25. The Kier molecular flexibility index (Phi) is 11.7. The Morgan fingerprint density at radius 1 is 0.872 bits per heavy atom. The molecule has 0 aromatic heterocycles. The Bertz CT molecular complexity index is 1170. The highest BCUT2D eigenvalue weighted by molar-refractivity contribution is 5.94. The number of primary amides is 1. The van der Waals surface area contributed by atoms with Crippen LogP contribution in [0.1, 0.15) is 36.5 Å². The van der Waals surface area contributed by atoms with Gasteiger partial charge in [0.2, 0.25) is 23.6 Å². The number of carbonyl (C=O) groups excluding carboxylic acids is 4. The summed E-state index contributed by atoms with van der Waals surface area (Å²) in [6, 6.07) is 10.8. The molecule has 0 aliphatic carbocycles. The molecule has 0 saturated heterocycles. The first kappa shape index (κ1) is 30.6. The van der Waals surface area contributed by atoms with Crippen molar-refractivity contribution < 1.29 is 24.3 Å². The van der Waals surface area contributed by atoms with Crippen molar-refractivity contribution in [3.63, 3.8) is 0 Å². The van der Waals surface area contributed by atoms with Crippen LogP contribution in [0.4, 0.5) is 0 Å². The fourth-order valence-corrected chi connectivity index (χ4v) is 3.95. The smallest absolute Gasteiger partial charge is 0.243 e. The normalized spacial score (nSPS) is 12.9. The quantitative estimate of drug-likeness (QED) is 0.0911. The number of amides is 4. The first-order valence-electron chi connectivity index (χ1n) is 12.5. The minimum atomic E-state index is -1.07. The van der Waals surface area contributed by atoms with Crippen molar-refractivity contribution in [1.29, 1.82) is 5.41 Å². The van der Waals surface area contributed by atoms with Crippen LogP contribution < -0.4 is 32.7 Å². The van der Waals surface area contributed by atoms with Gasteiger partial charge in [0.15, 0.2) is 5.96 Å². The zero-order valence-electron chi connectivity index (χ0n) is 22.1. The Morgan fingerprint density at radius 2 is 1.49 bits per heavy atom. The number of phenols is 1. The molecular weight excluding hydrogens is 502 g/mol. The van der Waals surface area contributed by atoms with Crippen LogP contribution in [-0.4, -0.2) is 59.4 Å². The van der Waals surface area contributed by atoms with E-state index in [2.05, 4.69) is 21.3 Å². The Morgan fingerprint density at radius 3 is 2.08 bits per heavy atom. The van der Waals surface area contributed by atoms with Gasteiger partial charge in [-0.3, -0.25) is 24.6 Å². The van der Waals surface area contributed by atoms with E-state index < -0.39 is 41.8 Å². The molecule has 2 rings (SSSR count). The van der Waals surface area contributed by atoms with Gasteiger partial charge in [-0.05, 0) is 42.5 Å². The van der Waals surface area contributed by atoms with E-state index in [1.165, 1.54) is 13.0 Å². The number of carbonyl (C=O) groups is 4. The maximum absolute atomic E-state index is 13.3. The van der Waals surface area contributed by atoms with E-state index in [-0.39, 0.29) is 37.5 Å². The molecule has 0 spiro atoms. The highest BCUT2D eigenvalue weighted by atomic mass is 16.3. The Balaban J connectivity index is 2.20. The monoisotopic (exact) mass is 539 g/mol. The molecule has 0 aliphatic rings. The van der Waals surface area contributed by atoms with Gasteiger partial charge in [0.1, 0.15) is 23.9 Å². The maximum atomic E-state index is 13.3. The summed E-state index contributed by atoms with van der Waals surface area (Å²) in [6.07, 6.45) is 0.799. The molecular formula is C27H37N7O5. The van der Waals surface area contributed by atoms with Gasteiger partial charge in [0, 0.05) is 26.3 Å². The average Bonchev–Trinajstić information content (AvgIpc) is 2.87. The molecule has 0 saturated carbocycles. The van der Waals surface area contributed by atoms with Crippen molar-refractivity contribution in [3.05, 3.63) is 65.2 Å². The molecule has 2 aromatic carbocycles. The number of rotatable bonds is 14. The van der Waals surface area contributed by atoms with Gasteiger partial charge in [-0.15, -0.1) is 0 Å². The lowest BCUT2D eigenvalue weighted by Crippen LogP contribution is -2.57. The molecule has 2 aromatic rings. The zero-order valence-corrected chi connectivity index (χ0v) is 22.1. The third-order valence-electron chi connectivity index (χ3n) is 5.96. The number of hydrogen-bond acceptors (Lipinski definition) is 6. The second-order valence-corrected chi connectivity index (χ2v) is 9.28. The van der Waals surface area contributed by atoms with E-state index in [0.717, 1.165) is 5.56 Å². The Labute approximate surface area is 227 Å². The van der Waals surface area contributed by atoms with E-state index in [9.17, 15) is 24.3 Å². The van der Waals surface area contributed by atoms with Crippen molar-refractivity contribution in [2.45, 2.75) is 57.7 Å². The highest BCUT2D eigenvalue weighted by Gasteiger charge is 2.29. The second-order valence-electron chi connectivity index (χ2n) is 9.28. The van der Waals surface area contributed by atoms with Crippen LogP contribution in [0.2, 0.25) is 0 Å². The van der Waals surface area contributed by atoms with Crippen molar-refractivity contribution in [1.82, 2.24) is 21.3 Å². The fraction of sp³-hybridized carbons (Fsp3) is 0.370. The highest BCUT2D eigenvalue weighted by Crippen LogP contribution is 2.18. The second kappa shape index (κ2) is 15.0. The number of hydrogen-bond donors (Lipinski definition) is 8. The minimum Gasteiger partial charge on any atom is -0.508 e. The van der Waals surface area contributed by atoms with E-state index in [1.807, 2.05) is 6.07 Å². The van der Waals surface area contributed by atoms with Crippen LogP contribution in [0.15, 0.2) is 48.5 Å². The number of benzene rings is 2. The average molecular weight is 540 g/mol. The van der Waals surface area contributed by atoms with Gasteiger partial charge in [0.05, 0.1) is 0 Å². The van der Waals surface area contributed by atoms with Gasteiger partial charge in [0.25, 0.3) is 0 Å². The van der Waals surface area contributed by atoms with E-state index in [4.69, 9.17) is 16.9 Å². The predicted molar refractivity (Wildman–Crippen MR) is 147 cm³/mol. The first-order chi connectivity index (χ1) is 18.5. The van der Waals surface area contributed by atoms with Crippen LogP contribution in [0, 0.1) is 12.3 Å². The molecule has 0 aliphatic heterocycles. The molecule has 0 fully saturated rings. The number of aromatic hydroxyl groups is 1. The van der Waals surface area contributed by atoms with Crippen LogP contribution >= 0.6 is 0 Å². The van der Waals surface area contributed by atoms with Gasteiger partial charge < -0.3 is 37.8 Å². The molecule has 0 heterocycles. The van der Waals surface area contributed by atoms with Gasteiger partial charge in [-0.1, -0.05) is 42.5 Å². The topological polar surface area (TPSA) is 213 Å². The molecule has 0 bridgehead atoms. The van der Waals surface area contributed by atoms with Gasteiger partial charge in [-0.25, -0.2) is 0 Å². The van der Waals surface area contributed by atoms with Gasteiger partial charge >= 0.3 is 0 Å². The number of aryl methyl sites for hydroxylation is 1. The van der Waals surface area contributed by atoms with Crippen molar-refractivity contribution in [2.75, 3.05) is 6.54 Å². The number of phenolic OH excluding ortho intramolecular Hbond substituents is 1. The summed E-state index contributed by atoms with van der Waals surface area (Å²) in [5.74, 6) is -2.51. The van der Waals surface area contributed by atoms with Crippen LogP contribution in [0.3, 0.4) is 0 Å². The summed E-state index contributed by atoms with van der Waals surface area (Å²) in [5, 5.41) is 27.7. The molecule has 210 valence electrons. The number of guanidine groups is 1. The minimum absolute atomic E-state index is 0.106. The van der Waals surface area contributed by atoms with Crippen LogP contribution in [-0.2, 0) is 32.0 Å². The van der Waals surface area contributed by atoms with Crippen molar-refractivity contribution in [2.24, 2.45) is 11.5 Å². The fourth-order valence-electron chi connectivity index (χ4n) is 3.95. The molecule has 0 radical (unpaired) electrons. The number of nitrogens with two attached hydrogens (primary N) is 2. The predicted octanol–water partition coefficient (Wildman–Crippen LogP) is -0.291. The largest absolute Gasteiger partial charge is 0.508 e. The molecule has 39 heavy (non-hydrogen) atoms. The summed E-state index contributed by atoms with van der Waals surface area (Å²) in [4.78, 5) is 50.5. The third kappa shape index (κ3) is 10.7. The Hall–Kier alpha value is -4.61. The van der Waals surface area contributed by atoms with Crippen molar-refractivity contribution >= 4 is 29.6 Å². The summed E-state index contributed by atoms with van der Waals surface area (Å²) in [7, 11) is 0. The SMILES string of the molecule is CC(=O)NC(Cc1ccc(O)c(C)c1)C(=O)NC(CCCNC(=N)N)C(=O)NC(Cc1ccccc1)C(N)=O. The van der Waals surface area contributed by atoms with E-state index >= 15 is 0 Å². The van der Waals surface area contributed by atoms with Crippen LogP contribution in [0.25, 0.3) is 0 Å². The van der Waals surface area contributed by atoms with E-state index in [1.54, 1.807) is 43.3 Å². The maximum Gasteiger partial charge on any atom is 0.243 e. The lowest BCUT2D eigenvalue weighted by atomic mass is 10.0. The molecule has 3 atom stereocenters. The molecule has 3 unspecified atom stereocenters. The van der Waals surface area contributed by atoms with E-state index in [0.29, 0.717) is 17.5 Å². The summed E-state index contributed by atoms with van der Waals surface area (Å²) in [6.45, 7) is 3.27. The third-order valence-corrected chi connectivity index (χ3v) is 5.96. The number of nitrogens with one attached hydrogen (secondary N) is 5. The van der Waals surface area contributed by atoms with Crippen molar-refractivity contribution in [3.8, 4) is 5.75 Å². The van der Waals surface area contributed by atoms with Gasteiger partial charge in [-0.2, -0.15) is 0 Å². The van der Waals surface area contributed by atoms with Crippen LogP contribution in [0.5, 0.6) is 5.75 Å².